The Kier molecular flexibility index (Phi) is 17.0. The lowest BCUT2D eigenvalue weighted by Crippen LogP contribution is -2.50. The SMILES string of the molecule is COC(=O)[C@H](CO)NC(=O)[C@@H](N)CCC(=O)CN1CCC(Nc2nc(NCc3cn(CCCNCCCNC4CCCCC4)nn3)nc3ccccc23)CC1. The van der Waals surface area contributed by atoms with Crippen molar-refractivity contribution in [2.24, 2.45) is 5.73 Å². The number of hydrogen-bond acceptors (Lipinski definition) is 15. The van der Waals surface area contributed by atoms with E-state index in [1.807, 2.05) is 35.1 Å². The van der Waals surface area contributed by atoms with Gasteiger partial charge < -0.3 is 42.2 Å². The fourth-order valence-electron chi connectivity index (χ4n) is 7.09. The number of fused-ring (bicyclic) bond motifs is 1. The van der Waals surface area contributed by atoms with Gasteiger partial charge in [-0.05, 0) is 76.7 Å². The zero-order valence-electron chi connectivity index (χ0n) is 32.2. The molecule has 2 aliphatic rings. The molecule has 0 radical (unpaired) electrons. The lowest BCUT2D eigenvalue weighted by molar-refractivity contribution is -0.146. The number of likely N-dealkylation sites (tertiary alicyclic amines) is 1. The smallest absolute Gasteiger partial charge is 0.330 e. The van der Waals surface area contributed by atoms with Crippen LogP contribution in [-0.4, -0.2) is 130 Å². The molecule has 2 fully saturated rings. The molecule has 302 valence electrons. The molecule has 0 unspecified atom stereocenters. The number of amides is 1. The Hall–Kier alpha value is -4.29. The summed E-state index contributed by atoms with van der Waals surface area (Å²) < 4.78 is 6.44. The zero-order valence-corrected chi connectivity index (χ0v) is 32.2. The number of nitrogens with zero attached hydrogens (tertiary/aromatic N) is 6. The number of para-hydroxylation sites is 1. The van der Waals surface area contributed by atoms with Gasteiger partial charge in [-0.3, -0.25) is 19.2 Å². The van der Waals surface area contributed by atoms with Crippen molar-refractivity contribution in [2.45, 2.75) is 108 Å². The van der Waals surface area contributed by atoms with E-state index in [0.717, 1.165) is 101 Å². The Morgan fingerprint density at radius 2 is 1.78 bits per heavy atom. The number of aromatic nitrogens is 5. The highest BCUT2D eigenvalue weighted by molar-refractivity contribution is 5.90. The van der Waals surface area contributed by atoms with Crippen molar-refractivity contribution in [3.05, 3.63) is 36.2 Å². The highest BCUT2D eigenvalue weighted by Crippen LogP contribution is 2.25. The first-order valence-electron chi connectivity index (χ1n) is 19.9. The van der Waals surface area contributed by atoms with E-state index in [1.165, 1.54) is 32.1 Å². The van der Waals surface area contributed by atoms with Gasteiger partial charge in [-0.2, -0.15) is 4.98 Å². The number of rotatable bonds is 23. The minimum atomic E-state index is -1.19. The highest BCUT2D eigenvalue weighted by atomic mass is 16.5. The van der Waals surface area contributed by atoms with E-state index in [-0.39, 0.29) is 31.2 Å². The van der Waals surface area contributed by atoms with Crippen LogP contribution < -0.4 is 32.3 Å². The molecule has 1 aromatic carbocycles. The lowest BCUT2D eigenvalue weighted by atomic mass is 9.95. The Morgan fingerprint density at radius 1 is 1.00 bits per heavy atom. The number of methoxy groups -OCH3 is 1. The number of esters is 1. The minimum absolute atomic E-state index is 0.0146. The lowest BCUT2D eigenvalue weighted by Gasteiger charge is -2.32. The molecular formula is C38H60N12O5. The van der Waals surface area contributed by atoms with E-state index < -0.39 is 30.6 Å². The van der Waals surface area contributed by atoms with Crippen LogP contribution in [0.5, 0.6) is 0 Å². The fraction of sp³-hybridized carbons (Fsp3) is 0.658. The molecule has 3 heterocycles. The molecule has 1 saturated heterocycles. The number of carbonyl (C=O) groups is 3. The van der Waals surface area contributed by atoms with Crippen molar-refractivity contribution in [2.75, 3.05) is 63.6 Å². The molecule has 2 aromatic heterocycles. The summed E-state index contributed by atoms with van der Waals surface area (Å²) in [7, 11) is 1.16. The maximum Gasteiger partial charge on any atom is 0.330 e. The summed E-state index contributed by atoms with van der Waals surface area (Å²) in [5.74, 6) is -0.141. The Morgan fingerprint density at radius 3 is 2.56 bits per heavy atom. The molecule has 0 bridgehead atoms. The number of aryl methyl sites for hydroxylation is 1. The quantitative estimate of drug-likeness (QED) is 0.0534. The van der Waals surface area contributed by atoms with Gasteiger partial charge in [0.2, 0.25) is 11.9 Å². The predicted molar refractivity (Wildman–Crippen MR) is 210 cm³/mol. The summed E-state index contributed by atoms with van der Waals surface area (Å²) in [5.41, 5.74) is 7.58. The molecule has 1 aliphatic carbocycles. The Balaban J connectivity index is 1.00. The normalized spacial score (nSPS) is 16.8. The van der Waals surface area contributed by atoms with Gasteiger partial charge in [-0.1, -0.05) is 36.6 Å². The molecule has 17 heteroatoms. The summed E-state index contributed by atoms with van der Waals surface area (Å²) in [4.78, 5) is 48.4. The van der Waals surface area contributed by atoms with Crippen molar-refractivity contribution < 1.29 is 24.2 Å². The van der Waals surface area contributed by atoms with Gasteiger partial charge in [0.15, 0.2) is 6.04 Å². The van der Waals surface area contributed by atoms with E-state index in [2.05, 4.69) is 46.5 Å². The number of anilines is 2. The second-order valence-corrected chi connectivity index (χ2v) is 14.6. The third-order valence-electron chi connectivity index (χ3n) is 10.3. The van der Waals surface area contributed by atoms with E-state index in [1.54, 1.807) is 0 Å². The number of aliphatic hydroxyl groups excluding tert-OH is 1. The van der Waals surface area contributed by atoms with Gasteiger partial charge in [0.25, 0.3) is 0 Å². The molecule has 3 aromatic rings. The molecule has 17 nitrogen and oxygen atoms in total. The van der Waals surface area contributed by atoms with Crippen molar-refractivity contribution >= 4 is 40.3 Å². The molecule has 5 rings (SSSR count). The van der Waals surface area contributed by atoms with Gasteiger partial charge in [-0.25, -0.2) is 9.78 Å². The predicted octanol–water partition coefficient (Wildman–Crippen LogP) is 1.33. The number of piperidine rings is 1. The van der Waals surface area contributed by atoms with Crippen molar-refractivity contribution in [1.82, 2.24) is 45.8 Å². The summed E-state index contributed by atoms with van der Waals surface area (Å²) in [5, 5.41) is 35.5. The third kappa shape index (κ3) is 13.8. The number of nitrogens with one attached hydrogen (secondary N) is 5. The largest absolute Gasteiger partial charge is 0.467 e. The molecule has 1 aliphatic heterocycles. The minimum Gasteiger partial charge on any atom is -0.467 e. The van der Waals surface area contributed by atoms with Gasteiger partial charge in [0.05, 0.1) is 44.6 Å². The number of ketones is 1. The molecule has 2 atom stereocenters. The van der Waals surface area contributed by atoms with Crippen LogP contribution in [0.4, 0.5) is 11.8 Å². The van der Waals surface area contributed by atoms with E-state index in [0.29, 0.717) is 12.5 Å². The topological polar surface area (TPSA) is 227 Å². The summed E-state index contributed by atoms with van der Waals surface area (Å²) >= 11 is 0. The highest BCUT2D eigenvalue weighted by Gasteiger charge is 2.26. The van der Waals surface area contributed by atoms with Crippen LogP contribution in [0.2, 0.25) is 0 Å². The number of carbonyl (C=O) groups excluding carboxylic acids is 3. The number of nitrogens with two attached hydrogens (primary N) is 1. The van der Waals surface area contributed by atoms with Crippen LogP contribution >= 0.6 is 0 Å². The molecule has 1 amide bonds. The molecule has 55 heavy (non-hydrogen) atoms. The van der Waals surface area contributed by atoms with Gasteiger partial charge in [-0.15, -0.1) is 5.10 Å². The average Bonchev–Trinajstić information content (AvgIpc) is 3.67. The van der Waals surface area contributed by atoms with E-state index in [9.17, 15) is 19.5 Å². The van der Waals surface area contributed by atoms with E-state index in [4.69, 9.17) is 15.7 Å². The fourth-order valence-corrected chi connectivity index (χ4v) is 7.09. The Labute approximate surface area is 323 Å². The third-order valence-corrected chi connectivity index (χ3v) is 10.3. The Bertz CT molecular complexity index is 1640. The van der Waals surface area contributed by atoms with Crippen LogP contribution in [0.25, 0.3) is 10.9 Å². The van der Waals surface area contributed by atoms with Crippen LogP contribution in [0.15, 0.2) is 30.5 Å². The van der Waals surface area contributed by atoms with Crippen LogP contribution in [0.1, 0.15) is 76.3 Å². The van der Waals surface area contributed by atoms with Crippen molar-refractivity contribution in [1.29, 1.82) is 0 Å². The summed E-state index contributed by atoms with van der Waals surface area (Å²) in [6.07, 6.45) is 12.8. The maximum atomic E-state index is 12.7. The van der Waals surface area contributed by atoms with Crippen LogP contribution in [0.3, 0.4) is 0 Å². The molecule has 1 saturated carbocycles. The number of benzene rings is 1. The van der Waals surface area contributed by atoms with Gasteiger partial charge in [0, 0.05) is 43.5 Å². The van der Waals surface area contributed by atoms with E-state index >= 15 is 0 Å². The second kappa shape index (κ2) is 22.3. The standard InChI is InChI=1S/C38H60N12O5/c1-55-37(54)34(26-51)44-36(53)32(39)14-13-30(52)25-49-21-15-28(16-22-49)43-35-31-11-5-6-12-33(31)45-38(46-35)42-23-29-24-50(48-47-29)20-8-18-40-17-7-19-41-27-9-3-2-4-10-27/h5-6,11-12,24,27-28,32,34,40-41,51H,2-4,7-10,13-23,25-26,39H2,1H3,(H,44,53)(H2,42,43,45,46)/t32-,34-/m0/s1. The molecule has 0 spiro atoms. The summed E-state index contributed by atoms with van der Waals surface area (Å²) in [6.45, 7) is 5.41. The number of hydrogen-bond donors (Lipinski definition) is 7. The van der Waals surface area contributed by atoms with Crippen LogP contribution in [0, 0.1) is 0 Å². The number of aliphatic hydroxyl groups is 1. The zero-order chi connectivity index (χ0) is 38.8. The summed E-state index contributed by atoms with van der Waals surface area (Å²) in [6, 6.07) is 6.62. The van der Waals surface area contributed by atoms with Crippen LogP contribution in [-0.2, 0) is 32.2 Å². The number of ether oxygens (including phenoxy) is 1. The van der Waals surface area contributed by atoms with Crippen molar-refractivity contribution in [3.8, 4) is 0 Å². The van der Waals surface area contributed by atoms with Gasteiger partial charge >= 0.3 is 5.97 Å². The number of Topliss-reactive ketones (excluding diaryl/α,β-unsaturated/α-hetero) is 1. The first-order valence-corrected chi connectivity index (χ1v) is 19.9. The van der Waals surface area contributed by atoms with Gasteiger partial charge in [0.1, 0.15) is 17.3 Å². The average molecular weight is 765 g/mol. The molecular weight excluding hydrogens is 704 g/mol. The van der Waals surface area contributed by atoms with Crippen molar-refractivity contribution in [3.63, 3.8) is 0 Å². The monoisotopic (exact) mass is 764 g/mol. The second-order valence-electron chi connectivity index (χ2n) is 14.6. The first kappa shape index (κ1) is 41.9. The first-order chi connectivity index (χ1) is 26.8. The maximum absolute atomic E-state index is 12.7. The molecule has 8 N–H and O–H groups in total.